The van der Waals surface area contributed by atoms with Crippen LogP contribution in [0.5, 0.6) is 5.75 Å². The molecule has 5 heteroatoms. The van der Waals surface area contributed by atoms with E-state index in [0.29, 0.717) is 0 Å². The Morgan fingerprint density at radius 2 is 1.75 bits per heavy atom. The molecular formula is C23H34N4O. The SMILES string of the molecule is CCN(CC)Cc1cccc(CNC(=NC)NCCc2ccccc2OC)c1. The van der Waals surface area contributed by atoms with Crippen molar-refractivity contribution in [2.45, 2.75) is 33.4 Å². The maximum absolute atomic E-state index is 5.41. The van der Waals surface area contributed by atoms with Crippen molar-refractivity contribution in [3.05, 3.63) is 65.2 Å². The quantitative estimate of drug-likeness (QED) is 0.488. The summed E-state index contributed by atoms with van der Waals surface area (Å²) < 4.78 is 5.41. The minimum atomic E-state index is 0.750. The molecule has 0 radical (unpaired) electrons. The van der Waals surface area contributed by atoms with Crippen molar-refractivity contribution >= 4 is 5.96 Å². The maximum atomic E-state index is 5.41. The van der Waals surface area contributed by atoms with Gasteiger partial charge in [0.1, 0.15) is 5.75 Å². The van der Waals surface area contributed by atoms with E-state index in [4.69, 9.17) is 4.74 Å². The normalized spacial score (nSPS) is 11.5. The molecule has 0 aromatic heterocycles. The fourth-order valence-corrected chi connectivity index (χ4v) is 3.17. The monoisotopic (exact) mass is 382 g/mol. The lowest BCUT2D eigenvalue weighted by molar-refractivity contribution is 0.296. The molecule has 0 amide bonds. The van der Waals surface area contributed by atoms with Crippen LogP contribution in [-0.4, -0.2) is 44.7 Å². The summed E-state index contributed by atoms with van der Waals surface area (Å²) in [6.45, 7) is 9.09. The number of ether oxygens (including phenoxy) is 1. The summed E-state index contributed by atoms with van der Waals surface area (Å²) in [5.41, 5.74) is 3.80. The first-order valence-corrected chi connectivity index (χ1v) is 10.1. The van der Waals surface area contributed by atoms with E-state index < -0.39 is 0 Å². The van der Waals surface area contributed by atoms with E-state index in [0.717, 1.165) is 50.9 Å². The number of para-hydroxylation sites is 1. The van der Waals surface area contributed by atoms with Gasteiger partial charge in [-0.05, 0) is 42.3 Å². The average Bonchev–Trinajstić information content (AvgIpc) is 2.75. The van der Waals surface area contributed by atoms with Gasteiger partial charge in [0, 0.05) is 26.7 Å². The fraction of sp³-hybridized carbons (Fsp3) is 0.435. The minimum Gasteiger partial charge on any atom is -0.496 e. The lowest BCUT2D eigenvalue weighted by Gasteiger charge is -2.18. The lowest BCUT2D eigenvalue weighted by atomic mass is 10.1. The number of methoxy groups -OCH3 is 1. The lowest BCUT2D eigenvalue weighted by Crippen LogP contribution is -2.37. The number of nitrogens with one attached hydrogen (secondary N) is 2. The van der Waals surface area contributed by atoms with Crippen molar-refractivity contribution in [2.24, 2.45) is 4.99 Å². The zero-order chi connectivity index (χ0) is 20.2. The van der Waals surface area contributed by atoms with E-state index in [2.05, 4.69) is 64.7 Å². The Hall–Kier alpha value is -2.53. The molecule has 0 aliphatic rings. The molecule has 0 aliphatic heterocycles. The van der Waals surface area contributed by atoms with Gasteiger partial charge in [-0.25, -0.2) is 0 Å². The number of nitrogens with zero attached hydrogens (tertiary/aromatic N) is 2. The molecule has 0 bridgehead atoms. The standard InChI is InChI=1S/C23H34N4O/c1-5-27(6-2)18-20-11-9-10-19(16-20)17-26-23(24-3)25-15-14-21-12-7-8-13-22(21)28-4/h7-13,16H,5-6,14-15,17-18H2,1-4H3,(H2,24,25,26). The second kappa shape index (κ2) is 12.0. The average molecular weight is 383 g/mol. The van der Waals surface area contributed by atoms with Crippen LogP contribution in [0.2, 0.25) is 0 Å². The second-order valence-corrected chi connectivity index (χ2v) is 6.70. The van der Waals surface area contributed by atoms with E-state index >= 15 is 0 Å². The second-order valence-electron chi connectivity index (χ2n) is 6.70. The summed E-state index contributed by atoms with van der Waals surface area (Å²) in [6.07, 6.45) is 0.879. The predicted octanol–water partition coefficient (Wildman–Crippen LogP) is 3.44. The van der Waals surface area contributed by atoms with E-state index in [9.17, 15) is 0 Å². The van der Waals surface area contributed by atoms with Crippen LogP contribution in [0.4, 0.5) is 0 Å². The molecule has 2 rings (SSSR count). The van der Waals surface area contributed by atoms with Crippen LogP contribution in [0.15, 0.2) is 53.5 Å². The van der Waals surface area contributed by atoms with E-state index in [1.54, 1.807) is 14.2 Å². The Bertz CT molecular complexity index is 741. The third-order valence-electron chi connectivity index (χ3n) is 4.85. The zero-order valence-electron chi connectivity index (χ0n) is 17.7. The Kier molecular flexibility index (Phi) is 9.35. The highest BCUT2D eigenvalue weighted by atomic mass is 16.5. The first kappa shape index (κ1) is 21.8. The Morgan fingerprint density at radius 1 is 1.00 bits per heavy atom. The number of hydrogen-bond acceptors (Lipinski definition) is 3. The Labute approximate surface area is 169 Å². The first-order chi connectivity index (χ1) is 13.7. The van der Waals surface area contributed by atoms with Crippen LogP contribution in [0.25, 0.3) is 0 Å². The molecule has 152 valence electrons. The third kappa shape index (κ3) is 6.89. The molecule has 0 heterocycles. The zero-order valence-corrected chi connectivity index (χ0v) is 17.7. The van der Waals surface area contributed by atoms with Crippen molar-refractivity contribution in [3.63, 3.8) is 0 Å². The smallest absolute Gasteiger partial charge is 0.191 e. The number of aliphatic imine (C=N–C) groups is 1. The molecule has 2 aromatic carbocycles. The third-order valence-corrected chi connectivity index (χ3v) is 4.85. The largest absolute Gasteiger partial charge is 0.496 e. The summed E-state index contributed by atoms with van der Waals surface area (Å²) in [7, 11) is 3.51. The van der Waals surface area contributed by atoms with Gasteiger partial charge in [0.25, 0.3) is 0 Å². The van der Waals surface area contributed by atoms with Gasteiger partial charge >= 0.3 is 0 Å². The summed E-state index contributed by atoms with van der Waals surface area (Å²) in [4.78, 5) is 6.75. The highest BCUT2D eigenvalue weighted by Crippen LogP contribution is 2.17. The molecule has 0 saturated heterocycles. The van der Waals surface area contributed by atoms with Gasteiger partial charge < -0.3 is 15.4 Å². The van der Waals surface area contributed by atoms with Gasteiger partial charge in [0.15, 0.2) is 5.96 Å². The first-order valence-electron chi connectivity index (χ1n) is 10.1. The highest BCUT2D eigenvalue weighted by molar-refractivity contribution is 5.79. The van der Waals surface area contributed by atoms with Crippen LogP contribution in [-0.2, 0) is 19.5 Å². The molecule has 0 aliphatic carbocycles. The fourth-order valence-electron chi connectivity index (χ4n) is 3.17. The van der Waals surface area contributed by atoms with Gasteiger partial charge in [-0.2, -0.15) is 0 Å². The van der Waals surface area contributed by atoms with Gasteiger partial charge in [-0.3, -0.25) is 9.89 Å². The van der Waals surface area contributed by atoms with Gasteiger partial charge in [-0.15, -0.1) is 0 Å². The topological polar surface area (TPSA) is 48.9 Å². The molecule has 0 saturated carbocycles. The van der Waals surface area contributed by atoms with Crippen molar-refractivity contribution < 1.29 is 4.74 Å². The van der Waals surface area contributed by atoms with Crippen molar-refractivity contribution in [2.75, 3.05) is 33.8 Å². The molecule has 0 atom stereocenters. The number of guanidine groups is 1. The maximum Gasteiger partial charge on any atom is 0.191 e. The minimum absolute atomic E-state index is 0.750. The highest BCUT2D eigenvalue weighted by Gasteiger charge is 2.04. The molecule has 2 N–H and O–H groups in total. The van der Waals surface area contributed by atoms with Gasteiger partial charge in [0.05, 0.1) is 7.11 Å². The number of hydrogen-bond donors (Lipinski definition) is 2. The number of benzene rings is 2. The Morgan fingerprint density at radius 3 is 2.46 bits per heavy atom. The molecule has 0 spiro atoms. The van der Waals surface area contributed by atoms with Crippen LogP contribution < -0.4 is 15.4 Å². The molecule has 0 fully saturated rings. The molecule has 28 heavy (non-hydrogen) atoms. The van der Waals surface area contributed by atoms with Crippen LogP contribution in [0, 0.1) is 0 Å². The van der Waals surface area contributed by atoms with Crippen molar-refractivity contribution in [1.82, 2.24) is 15.5 Å². The molecule has 2 aromatic rings. The van der Waals surface area contributed by atoms with Crippen LogP contribution in [0.1, 0.15) is 30.5 Å². The summed E-state index contributed by atoms with van der Waals surface area (Å²) in [5, 5.41) is 6.78. The van der Waals surface area contributed by atoms with E-state index in [1.165, 1.54) is 16.7 Å². The van der Waals surface area contributed by atoms with E-state index in [-0.39, 0.29) is 0 Å². The predicted molar refractivity (Wildman–Crippen MR) is 118 cm³/mol. The summed E-state index contributed by atoms with van der Waals surface area (Å²) in [6, 6.07) is 16.9. The van der Waals surface area contributed by atoms with Crippen LogP contribution >= 0.6 is 0 Å². The van der Waals surface area contributed by atoms with Gasteiger partial charge in [0.2, 0.25) is 0 Å². The molecule has 0 unspecified atom stereocenters. The van der Waals surface area contributed by atoms with E-state index in [1.807, 2.05) is 18.2 Å². The van der Waals surface area contributed by atoms with Gasteiger partial charge in [-0.1, -0.05) is 56.3 Å². The van der Waals surface area contributed by atoms with Crippen molar-refractivity contribution in [1.29, 1.82) is 0 Å². The molecule has 5 nitrogen and oxygen atoms in total. The molecular weight excluding hydrogens is 348 g/mol. The van der Waals surface area contributed by atoms with Crippen molar-refractivity contribution in [3.8, 4) is 5.75 Å². The summed E-state index contributed by atoms with van der Waals surface area (Å²) in [5.74, 6) is 1.74. The van der Waals surface area contributed by atoms with Crippen LogP contribution in [0.3, 0.4) is 0 Å². The Balaban J connectivity index is 1.83. The summed E-state index contributed by atoms with van der Waals surface area (Å²) >= 11 is 0. The number of rotatable bonds is 10.